The first-order valence-electron chi connectivity index (χ1n) is 10.1. The predicted octanol–water partition coefficient (Wildman–Crippen LogP) is 3.71. The minimum Gasteiger partial charge on any atom is -0.508 e. The zero-order valence-electron chi connectivity index (χ0n) is 18.6. The highest BCUT2D eigenvalue weighted by atomic mass is 19.4. The number of hydrogen-bond donors (Lipinski definition) is 4. The van der Waals surface area contributed by atoms with Crippen molar-refractivity contribution in [3.63, 3.8) is 0 Å². The van der Waals surface area contributed by atoms with Crippen LogP contribution in [0.25, 0.3) is 5.70 Å². The number of nitrogens with one attached hydrogen (secondary N) is 1. The number of allylic oxidation sites excluding steroid dienone is 1. The van der Waals surface area contributed by atoms with Gasteiger partial charge in [-0.3, -0.25) is 4.99 Å². The zero-order chi connectivity index (χ0) is 28.3. The van der Waals surface area contributed by atoms with Gasteiger partial charge in [-0.05, 0) is 12.1 Å². The summed E-state index contributed by atoms with van der Waals surface area (Å²) in [5.74, 6) is -4.22. The molecular weight excluding hydrogens is 536 g/mol. The van der Waals surface area contributed by atoms with Gasteiger partial charge in [0.25, 0.3) is 5.60 Å². The van der Waals surface area contributed by atoms with E-state index in [9.17, 15) is 45.3 Å². The molecule has 0 fully saturated rings. The van der Waals surface area contributed by atoms with Gasteiger partial charge in [0.2, 0.25) is 0 Å². The Kier molecular flexibility index (Phi) is 7.90. The minimum atomic E-state index is -6.15. The van der Waals surface area contributed by atoms with Gasteiger partial charge >= 0.3 is 12.4 Å². The molecule has 0 saturated heterocycles. The topological polar surface area (TPSA) is 143 Å². The predicted molar refractivity (Wildman–Crippen MR) is 115 cm³/mol. The Morgan fingerprint density at radius 2 is 1.76 bits per heavy atom. The number of alkyl halides is 6. The van der Waals surface area contributed by atoms with Crippen molar-refractivity contribution in [1.82, 2.24) is 15.1 Å². The largest absolute Gasteiger partial charge is 0.508 e. The van der Waals surface area contributed by atoms with Crippen LogP contribution in [0.1, 0.15) is 17.1 Å². The van der Waals surface area contributed by atoms with E-state index in [0.29, 0.717) is 6.20 Å². The van der Waals surface area contributed by atoms with Crippen molar-refractivity contribution in [2.24, 2.45) is 10.7 Å². The molecule has 9 nitrogen and oxygen atoms in total. The highest BCUT2D eigenvalue weighted by Gasteiger charge is 2.70. The molecule has 38 heavy (non-hydrogen) atoms. The van der Waals surface area contributed by atoms with Crippen LogP contribution in [0.15, 0.2) is 52.3 Å². The number of aliphatic imine (C=N–C) groups is 1. The van der Waals surface area contributed by atoms with Gasteiger partial charge in [0.15, 0.2) is 17.5 Å². The first-order valence-corrected chi connectivity index (χ1v) is 10.1. The van der Waals surface area contributed by atoms with E-state index >= 15 is 0 Å². The summed E-state index contributed by atoms with van der Waals surface area (Å²) in [7, 11) is 0. The molecule has 0 radical (unpaired) electrons. The fraction of sp³-hybridized carbons (Fsp3) is 0.238. The second kappa shape index (κ2) is 10.6. The summed E-state index contributed by atoms with van der Waals surface area (Å²) in [4.78, 5) is 11.2. The van der Waals surface area contributed by atoms with Crippen molar-refractivity contribution in [2.45, 2.75) is 24.5 Å². The maximum Gasteiger partial charge on any atom is 0.428 e. The highest BCUT2D eigenvalue weighted by Crippen LogP contribution is 2.43. The van der Waals surface area contributed by atoms with E-state index in [2.05, 4.69) is 20.1 Å². The molecule has 0 spiro atoms. The molecule has 3 aromatic rings. The maximum absolute atomic E-state index is 14.1. The Hall–Kier alpha value is -4.28. The van der Waals surface area contributed by atoms with E-state index in [-0.39, 0.29) is 29.3 Å². The van der Waals surface area contributed by atoms with Crippen molar-refractivity contribution in [2.75, 3.05) is 11.9 Å². The van der Waals surface area contributed by atoms with E-state index in [0.717, 1.165) is 18.4 Å². The van der Waals surface area contributed by atoms with Crippen LogP contribution in [0, 0.1) is 11.6 Å². The molecule has 17 heteroatoms. The Balaban J connectivity index is 1.92. The Labute approximate surface area is 207 Å². The van der Waals surface area contributed by atoms with Crippen molar-refractivity contribution in [3.8, 4) is 5.75 Å². The Morgan fingerprint density at radius 1 is 1.08 bits per heavy atom. The van der Waals surface area contributed by atoms with E-state index in [1.807, 2.05) is 0 Å². The molecule has 0 aliphatic carbocycles. The fourth-order valence-corrected chi connectivity index (χ4v) is 2.79. The molecule has 0 atom stereocenters. The summed E-state index contributed by atoms with van der Waals surface area (Å²) in [6, 6.07) is 4.66. The van der Waals surface area contributed by atoms with Crippen molar-refractivity contribution >= 4 is 17.2 Å². The smallest absolute Gasteiger partial charge is 0.428 e. The second-order valence-corrected chi connectivity index (χ2v) is 7.56. The van der Waals surface area contributed by atoms with Crippen LogP contribution < -0.4 is 11.1 Å². The van der Waals surface area contributed by atoms with Gasteiger partial charge in [0, 0.05) is 17.7 Å². The summed E-state index contributed by atoms with van der Waals surface area (Å²) < 4.78 is 110. The second-order valence-electron chi connectivity index (χ2n) is 7.56. The standard InChI is InChI=1S/C21H16F8N6O3/c22-12-5-11(36)2-1-10(12)7-31-16(15-3-4-38-35-15)6-14(30)18-32-8-13(23)17(34-18)33-9-19(37,20(24,25)26)21(27,28)29/h1-6,8,36-37H,7,9,30H2,(H,32,33,34). The molecule has 0 bridgehead atoms. The van der Waals surface area contributed by atoms with Crippen LogP contribution >= 0.6 is 0 Å². The number of phenolic OH excluding ortho intramolecular Hbond substituents is 1. The molecule has 0 saturated carbocycles. The summed E-state index contributed by atoms with van der Waals surface area (Å²) >= 11 is 0. The van der Waals surface area contributed by atoms with Crippen molar-refractivity contribution < 1.29 is 49.9 Å². The zero-order valence-corrected chi connectivity index (χ0v) is 18.6. The number of phenols is 1. The van der Waals surface area contributed by atoms with Gasteiger partial charge in [0.1, 0.15) is 23.5 Å². The van der Waals surface area contributed by atoms with Crippen molar-refractivity contribution in [1.29, 1.82) is 0 Å². The number of aromatic hydroxyl groups is 1. The molecule has 0 aliphatic rings. The number of aromatic nitrogens is 3. The van der Waals surface area contributed by atoms with Gasteiger partial charge in [0.05, 0.1) is 30.7 Å². The van der Waals surface area contributed by atoms with E-state index < -0.39 is 53.5 Å². The number of nitrogens with zero attached hydrogens (tertiary/aromatic N) is 4. The number of rotatable bonds is 8. The minimum absolute atomic E-state index is 0.0466. The first kappa shape index (κ1) is 28.3. The molecule has 0 amide bonds. The van der Waals surface area contributed by atoms with E-state index in [1.165, 1.54) is 23.5 Å². The lowest BCUT2D eigenvalue weighted by Crippen LogP contribution is -2.61. The number of aliphatic hydroxyl groups is 1. The van der Waals surface area contributed by atoms with Crippen LogP contribution in [0.2, 0.25) is 0 Å². The molecule has 0 unspecified atom stereocenters. The number of benzene rings is 1. The third-order valence-corrected chi connectivity index (χ3v) is 4.90. The Bertz CT molecular complexity index is 1330. The molecule has 3 rings (SSSR count). The van der Waals surface area contributed by atoms with Gasteiger partial charge in [-0.2, -0.15) is 26.3 Å². The van der Waals surface area contributed by atoms with Gasteiger partial charge < -0.3 is 25.8 Å². The fourth-order valence-electron chi connectivity index (χ4n) is 2.79. The van der Waals surface area contributed by atoms with Gasteiger partial charge in [-0.15, -0.1) is 0 Å². The lowest BCUT2D eigenvalue weighted by molar-refractivity contribution is -0.362. The van der Waals surface area contributed by atoms with Crippen LogP contribution in [-0.4, -0.2) is 55.5 Å². The summed E-state index contributed by atoms with van der Waals surface area (Å²) in [5.41, 5.74) is 0.365. The molecular formula is C21H16F8N6O3. The number of anilines is 1. The van der Waals surface area contributed by atoms with E-state index in [1.54, 1.807) is 0 Å². The number of nitrogens with two attached hydrogens (primary N) is 1. The molecule has 0 aliphatic heterocycles. The van der Waals surface area contributed by atoms with Crippen LogP contribution in [0.5, 0.6) is 5.75 Å². The SMILES string of the molecule is NC(=CC(=NCc1ccc(O)cc1F)c1ccon1)c1ncc(F)c(NCC(O)(C(F)(F)F)C(F)(F)F)n1. The third-order valence-electron chi connectivity index (χ3n) is 4.90. The molecule has 1 aromatic carbocycles. The highest BCUT2D eigenvalue weighted by molar-refractivity contribution is 6.10. The normalized spacial score (nSPS) is 13.6. The quantitative estimate of drug-likeness (QED) is 0.245. The monoisotopic (exact) mass is 552 g/mol. The molecule has 2 aromatic heterocycles. The maximum atomic E-state index is 14.1. The van der Waals surface area contributed by atoms with Crippen LogP contribution in [0.4, 0.5) is 40.9 Å². The lowest BCUT2D eigenvalue weighted by atomic mass is 10.0. The molecule has 2 heterocycles. The Morgan fingerprint density at radius 3 is 2.34 bits per heavy atom. The number of halogens is 8. The lowest BCUT2D eigenvalue weighted by Gasteiger charge is -2.32. The van der Waals surface area contributed by atoms with Gasteiger partial charge in [-0.1, -0.05) is 11.2 Å². The first-order chi connectivity index (χ1) is 17.6. The molecule has 204 valence electrons. The van der Waals surface area contributed by atoms with Crippen LogP contribution in [0.3, 0.4) is 0 Å². The van der Waals surface area contributed by atoms with Gasteiger partial charge in [-0.25, -0.2) is 18.7 Å². The molecule has 5 N–H and O–H groups in total. The van der Waals surface area contributed by atoms with E-state index in [4.69, 9.17) is 10.3 Å². The average Bonchev–Trinajstić information content (AvgIpc) is 3.35. The third kappa shape index (κ3) is 6.16. The number of hydrogen-bond acceptors (Lipinski definition) is 9. The van der Waals surface area contributed by atoms with Crippen molar-refractivity contribution in [3.05, 3.63) is 71.5 Å². The summed E-state index contributed by atoms with van der Waals surface area (Å²) in [6.07, 6.45) is -9.65. The van der Waals surface area contributed by atoms with Crippen LogP contribution in [-0.2, 0) is 6.54 Å². The summed E-state index contributed by atoms with van der Waals surface area (Å²) in [6.45, 7) is -2.51. The summed E-state index contributed by atoms with van der Waals surface area (Å²) in [5, 5.41) is 23.7. The average molecular weight is 552 g/mol.